The maximum absolute atomic E-state index is 11.8. The number of carbonyl (C=O) groups is 1. The van der Waals surface area contributed by atoms with Crippen LogP contribution < -0.4 is 40.2 Å². The Kier molecular flexibility index (Phi) is 7.15. The van der Waals surface area contributed by atoms with Gasteiger partial charge in [-0.3, -0.25) is 0 Å². The smallest absolute Gasteiger partial charge is 0.744 e. The summed E-state index contributed by atoms with van der Waals surface area (Å²) in [6.07, 6.45) is 5.44. The largest absolute Gasteiger partial charge is 1.00 e. The maximum atomic E-state index is 11.8. The molecule has 0 aromatic heterocycles. The average Bonchev–Trinajstić information content (AvgIpc) is 2.39. The Morgan fingerprint density at radius 1 is 1.10 bits per heavy atom. The van der Waals surface area contributed by atoms with Crippen LogP contribution in [0.3, 0.4) is 0 Å². The molecule has 0 radical (unpaired) electrons. The second-order valence-electron chi connectivity index (χ2n) is 4.91. The van der Waals surface area contributed by atoms with Crippen molar-refractivity contribution >= 4 is 21.8 Å². The van der Waals surface area contributed by atoms with E-state index >= 15 is 0 Å². The van der Waals surface area contributed by atoms with Gasteiger partial charge in [0.2, 0.25) is 0 Å². The predicted octanol–water partition coefficient (Wildman–Crippen LogP) is -0.951. The summed E-state index contributed by atoms with van der Waals surface area (Å²) in [5.41, 5.74) is 0.450. The molecule has 1 aliphatic carbocycles. The second kappa shape index (κ2) is 8.14. The zero-order chi connectivity index (χ0) is 14.6. The molecule has 0 heterocycles. The Labute approximate surface area is 146 Å². The third-order valence-corrected chi connectivity index (χ3v) is 4.19. The Bertz CT molecular complexity index is 568. The Morgan fingerprint density at radius 3 is 2.19 bits per heavy atom. The summed E-state index contributed by atoms with van der Waals surface area (Å²) in [6.45, 7) is 0. The number of urea groups is 1. The van der Waals surface area contributed by atoms with Crippen molar-refractivity contribution in [2.75, 3.05) is 5.32 Å². The molecule has 1 saturated carbocycles. The molecule has 1 aromatic carbocycles. The summed E-state index contributed by atoms with van der Waals surface area (Å²) >= 11 is 0. The Morgan fingerprint density at radius 2 is 1.67 bits per heavy atom. The molecule has 0 saturated heterocycles. The van der Waals surface area contributed by atoms with Crippen LogP contribution in [0.1, 0.15) is 32.1 Å². The first-order chi connectivity index (χ1) is 9.45. The van der Waals surface area contributed by atoms with Crippen LogP contribution in [-0.4, -0.2) is 25.0 Å². The number of carbonyl (C=O) groups excluding carboxylic acids is 1. The fourth-order valence-corrected chi connectivity index (χ4v) is 2.77. The zero-order valence-electron chi connectivity index (χ0n) is 12.0. The van der Waals surface area contributed by atoms with E-state index in [0.717, 1.165) is 25.7 Å². The second-order valence-corrected chi connectivity index (χ2v) is 6.29. The number of nitrogens with one attached hydrogen (secondary N) is 2. The molecular weight excluding hydrogens is 303 g/mol. The van der Waals surface area contributed by atoms with E-state index in [1.807, 2.05) is 0 Å². The summed E-state index contributed by atoms with van der Waals surface area (Å²) in [6, 6.07) is 5.03. The topological polar surface area (TPSA) is 98.3 Å². The van der Waals surface area contributed by atoms with Crippen molar-refractivity contribution < 1.29 is 47.3 Å². The van der Waals surface area contributed by atoms with Crippen molar-refractivity contribution in [2.24, 2.45) is 0 Å². The van der Waals surface area contributed by atoms with Gasteiger partial charge in [0.05, 0.1) is 4.90 Å². The number of hydrogen-bond donors (Lipinski definition) is 2. The van der Waals surface area contributed by atoms with E-state index in [0.29, 0.717) is 5.69 Å². The standard InChI is InChI=1S/C13H18N2O4S.Na/c16-13(14-10-4-2-1-3-5-10)15-11-6-8-12(9-7-11)20(17,18)19;/h6-10H,1-5H2,(H2,14,15,16)(H,17,18,19);/q;+1/p-1. The van der Waals surface area contributed by atoms with E-state index in [-0.39, 0.29) is 46.5 Å². The van der Waals surface area contributed by atoms with Gasteiger partial charge in [0.1, 0.15) is 10.1 Å². The van der Waals surface area contributed by atoms with Crippen molar-refractivity contribution in [1.82, 2.24) is 5.32 Å². The van der Waals surface area contributed by atoms with E-state index in [1.54, 1.807) is 0 Å². The van der Waals surface area contributed by atoms with E-state index in [4.69, 9.17) is 0 Å². The molecule has 2 N–H and O–H groups in total. The quantitative estimate of drug-likeness (QED) is 0.554. The summed E-state index contributed by atoms with van der Waals surface area (Å²) in [7, 11) is -4.45. The molecule has 0 atom stereocenters. The third-order valence-electron chi connectivity index (χ3n) is 3.34. The molecule has 6 nitrogen and oxygen atoms in total. The van der Waals surface area contributed by atoms with Crippen LogP contribution in [0.15, 0.2) is 29.2 Å². The minimum Gasteiger partial charge on any atom is -0.744 e. The van der Waals surface area contributed by atoms with E-state index in [9.17, 15) is 17.8 Å². The molecule has 110 valence electrons. The predicted molar refractivity (Wildman–Crippen MR) is 73.4 cm³/mol. The number of rotatable bonds is 3. The molecule has 0 aliphatic heterocycles. The van der Waals surface area contributed by atoms with Gasteiger partial charge in [0.15, 0.2) is 0 Å². The molecule has 2 rings (SSSR count). The first-order valence-corrected chi connectivity index (χ1v) is 7.99. The summed E-state index contributed by atoms with van der Waals surface area (Å²) in [5, 5.41) is 5.50. The fourth-order valence-electron chi connectivity index (χ4n) is 2.30. The van der Waals surface area contributed by atoms with Gasteiger partial charge < -0.3 is 15.2 Å². The van der Waals surface area contributed by atoms with Gasteiger partial charge in [-0.2, -0.15) is 0 Å². The Balaban J connectivity index is 0.00000220. The molecule has 0 unspecified atom stereocenters. The van der Waals surface area contributed by atoms with E-state index in [2.05, 4.69) is 10.6 Å². The van der Waals surface area contributed by atoms with Gasteiger partial charge in [-0.05, 0) is 37.1 Å². The molecule has 0 spiro atoms. The molecule has 0 bridgehead atoms. The van der Waals surface area contributed by atoms with E-state index < -0.39 is 10.1 Å². The summed E-state index contributed by atoms with van der Waals surface area (Å²) in [4.78, 5) is 11.5. The normalized spacial score (nSPS) is 15.9. The van der Waals surface area contributed by atoms with Gasteiger partial charge in [-0.1, -0.05) is 19.3 Å². The van der Waals surface area contributed by atoms with Gasteiger partial charge >= 0.3 is 35.6 Å². The number of benzene rings is 1. The molecule has 21 heavy (non-hydrogen) atoms. The van der Waals surface area contributed by atoms with Gasteiger partial charge in [0, 0.05) is 11.7 Å². The van der Waals surface area contributed by atoms with Crippen LogP contribution in [0.25, 0.3) is 0 Å². The van der Waals surface area contributed by atoms with Crippen molar-refractivity contribution in [2.45, 2.75) is 43.0 Å². The molecule has 1 aliphatic rings. The third kappa shape index (κ3) is 5.96. The average molecular weight is 320 g/mol. The molecule has 2 amide bonds. The van der Waals surface area contributed by atoms with Crippen molar-refractivity contribution in [3.05, 3.63) is 24.3 Å². The van der Waals surface area contributed by atoms with Crippen molar-refractivity contribution in [1.29, 1.82) is 0 Å². The summed E-state index contributed by atoms with van der Waals surface area (Å²) < 4.78 is 32.3. The van der Waals surface area contributed by atoms with Crippen LogP contribution in [0.2, 0.25) is 0 Å². The van der Waals surface area contributed by atoms with Crippen LogP contribution in [-0.2, 0) is 10.1 Å². The molecular formula is C13H17N2NaO4S. The number of anilines is 1. The number of hydrogen-bond acceptors (Lipinski definition) is 4. The van der Waals surface area contributed by atoms with Crippen LogP contribution >= 0.6 is 0 Å². The molecule has 8 heteroatoms. The van der Waals surface area contributed by atoms with Gasteiger partial charge in [-0.25, -0.2) is 13.2 Å². The molecule has 1 aromatic rings. The van der Waals surface area contributed by atoms with Crippen LogP contribution in [0.4, 0.5) is 10.5 Å². The minimum absolute atomic E-state index is 0. The first kappa shape index (κ1) is 18.4. The minimum atomic E-state index is -4.45. The van der Waals surface area contributed by atoms with Crippen molar-refractivity contribution in [3.63, 3.8) is 0 Å². The van der Waals surface area contributed by atoms with Gasteiger partial charge in [0.25, 0.3) is 0 Å². The van der Waals surface area contributed by atoms with Crippen molar-refractivity contribution in [3.8, 4) is 0 Å². The van der Waals surface area contributed by atoms with Crippen LogP contribution in [0.5, 0.6) is 0 Å². The Hall–Kier alpha value is -0.600. The van der Waals surface area contributed by atoms with E-state index in [1.165, 1.54) is 30.7 Å². The van der Waals surface area contributed by atoms with Crippen LogP contribution in [0, 0.1) is 0 Å². The number of amides is 2. The fraction of sp³-hybridized carbons (Fsp3) is 0.462. The molecule has 1 fully saturated rings. The monoisotopic (exact) mass is 320 g/mol. The van der Waals surface area contributed by atoms with Gasteiger partial charge in [-0.15, -0.1) is 0 Å². The zero-order valence-corrected chi connectivity index (χ0v) is 14.8. The SMILES string of the molecule is O=C(Nc1ccc(S(=O)(=O)[O-])cc1)NC1CCCCC1.[Na+]. The first-order valence-electron chi connectivity index (χ1n) is 6.58. The summed E-state index contributed by atoms with van der Waals surface area (Å²) in [5.74, 6) is 0. The maximum Gasteiger partial charge on any atom is 1.00 e.